The predicted molar refractivity (Wildman–Crippen MR) is 130 cm³/mol. The van der Waals surface area contributed by atoms with Crippen LogP contribution in [0.2, 0.25) is 0 Å². The Morgan fingerprint density at radius 1 is 1.22 bits per heavy atom. The molecule has 174 valence electrons. The molecule has 32 heavy (non-hydrogen) atoms. The minimum atomic E-state index is -3.93. The van der Waals surface area contributed by atoms with Crippen LogP contribution in [-0.4, -0.2) is 43.6 Å². The molecule has 1 aromatic rings. The minimum absolute atomic E-state index is 0.00336. The summed E-state index contributed by atoms with van der Waals surface area (Å²) in [5, 5.41) is 0. The molecule has 1 N–H and O–H groups in total. The minimum Gasteiger partial charge on any atom is -0.381 e. The maximum atomic E-state index is 12.9. The van der Waals surface area contributed by atoms with Crippen molar-refractivity contribution in [2.24, 2.45) is 0 Å². The van der Waals surface area contributed by atoms with E-state index in [-0.39, 0.29) is 17.4 Å². The molecule has 2 aliphatic rings. The highest BCUT2D eigenvalue weighted by Crippen LogP contribution is 2.38. The van der Waals surface area contributed by atoms with Gasteiger partial charge in [0.2, 0.25) is 0 Å². The van der Waals surface area contributed by atoms with Gasteiger partial charge in [-0.1, -0.05) is 15.9 Å². The van der Waals surface area contributed by atoms with Gasteiger partial charge >= 0.3 is 5.69 Å². The summed E-state index contributed by atoms with van der Waals surface area (Å²) in [7, 11) is -3.93. The number of aromatic nitrogens is 2. The van der Waals surface area contributed by atoms with Gasteiger partial charge in [0.05, 0.1) is 22.4 Å². The second-order valence-corrected chi connectivity index (χ2v) is 12.1. The van der Waals surface area contributed by atoms with Crippen LogP contribution in [0.15, 0.2) is 42.6 Å². The Labute approximate surface area is 202 Å². The zero-order chi connectivity index (χ0) is 23.3. The van der Waals surface area contributed by atoms with Crippen LogP contribution in [0.5, 0.6) is 0 Å². The number of hydrogen-bond acceptors (Lipinski definition) is 7. The van der Waals surface area contributed by atoms with Gasteiger partial charge in [-0.25, -0.2) is 13.2 Å². The van der Waals surface area contributed by atoms with Gasteiger partial charge in [-0.15, -0.1) is 23.1 Å². The molecule has 7 nitrogen and oxygen atoms in total. The van der Waals surface area contributed by atoms with E-state index in [1.807, 2.05) is 6.92 Å². The Kier molecular flexibility index (Phi) is 8.73. The largest absolute Gasteiger partial charge is 0.381 e. The van der Waals surface area contributed by atoms with E-state index in [1.54, 1.807) is 19.1 Å². The maximum absolute atomic E-state index is 12.9. The molecule has 0 spiro atoms. The fourth-order valence-corrected chi connectivity index (χ4v) is 6.53. The first-order valence-corrected chi connectivity index (χ1v) is 13.9. The van der Waals surface area contributed by atoms with Crippen molar-refractivity contribution < 1.29 is 17.5 Å². The lowest BCUT2D eigenvalue weighted by Gasteiger charge is -2.16. The number of unbranched alkanes of at least 4 members (excludes halogenated alkanes) is 1. The summed E-state index contributed by atoms with van der Waals surface area (Å²) in [6.07, 6.45) is 1.15. The standard InChI is InChI=1S/C20H23BrFN3O4S3/c1-13-14(2)31-19(30-12-11-29-10-4-3-9-22)17-18(23-20(26)25(13)17)24-32(27,28)16-7-5-15(21)6-8-16/h5-8H,3-4,9-12H2,1-2H3,(H,23,24,26). The van der Waals surface area contributed by atoms with Crippen LogP contribution >= 0.6 is 39.0 Å². The summed E-state index contributed by atoms with van der Waals surface area (Å²) in [4.78, 5) is 17.6. The number of nitrogens with zero attached hydrogens (tertiary/aromatic N) is 2. The fourth-order valence-electron chi connectivity index (χ4n) is 2.88. The van der Waals surface area contributed by atoms with E-state index >= 15 is 0 Å². The average Bonchev–Trinajstić information content (AvgIpc) is 3.06. The van der Waals surface area contributed by atoms with Gasteiger partial charge < -0.3 is 4.74 Å². The number of benzene rings is 1. The summed E-state index contributed by atoms with van der Waals surface area (Å²) < 4.78 is 48.9. The molecule has 12 heteroatoms. The first-order chi connectivity index (χ1) is 15.2. The Morgan fingerprint density at radius 3 is 2.62 bits per heavy atom. The van der Waals surface area contributed by atoms with Crippen LogP contribution in [-0.2, 0) is 14.8 Å². The van der Waals surface area contributed by atoms with E-state index in [1.165, 1.54) is 39.8 Å². The first kappa shape index (κ1) is 25.2. The molecule has 0 aromatic heterocycles. The Morgan fingerprint density at radius 2 is 1.94 bits per heavy atom. The summed E-state index contributed by atoms with van der Waals surface area (Å²) >= 11 is 6.23. The molecular weight excluding hydrogens is 541 g/mol. The number of rotatable bonds is 11. The number of nitrogens with one attached hydrogen (secondary N) is 1. The molecule has 0 unspecified atom stereocenters. The SMILES string of the molecule is Cc1sc(SCCOCCCCF)c2c(NS(=O)(=O)c3ccc(Br)cc3)nc(=O)n-2c1C. The van der Waals surface area contributed by atoms with Gasteiger partial charge in [0.1, 0.15) is 5.69 Å². The second kappa shape index (κ2) is 11.1. The molecule has 0 bridgehead atoms. The van der Waals surface area contributed by atoms with E-state index < -0.39 is 15.7 Å². The highest BCUT2D eigenvalue weighted by atomic mass is 79.9. The molecule has 0 aliphatic carbocycles. The van der Waals surface area contributed by atoms with Crippen molar-refractivity contribution in [1.29, 1.82) is 0 Å². The summed E-state index contributed by atoms with van der Waals surface area (Å²) in [5.74, 6) is 0.603. The molecule has 3 rings (SSSR count). The zero-order valence-electron chi connectivity index (χ0n) is 17.6. The number of ether oxygens (including phenoxy) is 1. The van der Waals surface area contributed by atoms with Crippen molar-refractivity contribution in [3.05, 3.63) is 49.8 Å². The average molecular weight is 565 g/mol. The van der Waals surface area contributed by atoms with Crippen LogP contribution in [0.4, 0.5) is 10.2 Å². The van der Waals surface area contributed by atoms with Gasteiger partial charge in [-0.2, -0.15) is 4.98 Å². The van der Waals surface area contributed by atoms with E-state index in [0.29, 0.717) is 43.2 Å². The normalized spacial score (nSPS) is 11.9. The third kappa shape index (κ3) is 5.90. The molecule has 0 atom stereocenters. The maximum Gasteiger partial charge on any atom is 0.354 e. The Hall–Kier alpha value is -1.47. The molecule has 1 aromatic carbocycles. The van der Waals surface area contributed by atoms with Crippen molar-refractivity contribution in [3.8, 4) is 5.69 Å². The number of imidazole rings is 1. The van der Waals surface area contributed by atoms with Crippen LogP contribution in [0.25, 0.3) is 5.69 Å². The smallest absolute Gasteiger partial charge is 0.354 e. The van der Waals surface area contributed by atoms with Gasteiger partial charge in [-0.3, -0.25) is 13.7 Å². The van der Waals surface area contributed by atoms with Gasteiger partial charge in [0.25, 0.3) is 10.0 Å². The molecule has 0 amide bonds. The highest BCUT2D eigenvalue weighted by molar-refractivity contribution is 9.10. The highest BCUT2D eigenvalue weighted by Gasteiger charge is 2.26. The Balaban J connectivity index is 1.87. The molecule has 2 aliphatic heterocycles. The number of anilines is 1. The van der Waals surface area contributed by atoms with Gasteiger partial charge in [-0.05, 0) is 51.0 Å². The number of hydrogen-bond donors (Lipinski definition) is 1. The third-order valence-electron chi connectivity index (χ3n) is 4.62. The zero-order valence-corrected chi connectivity index (χ0v) is 21.6. The molecule has 0 radical (unpaired) electrons. The number of halogens is 2. The quantitative estimate of drug-likeness (QED) is 0.267. The van der Waals surface area contributed by atoms with Crippen LogP contribution in [0.1, 0.15) is 23.4 Å². The first-order valence-electron chi connectivity index (χ1n) is 9.82. The number of aryl methyl sites for hydroxylation is 1. The number of alkyl halides is 1. The van der Waals surface area contributed by atoms with Crippen LogP contribution in [0, 0.1) is 13.8 Å². The molecule has 2 heterocycles. The lowest BCUT2D eigenvalue weighted by molar-refractivity contribution is 0.144. The van der Waals surface area contributed by atoms with E-state index in [0.717, 1.165) is 13.6 Å². The number of thioether (sulfide) groups is 1. The molecule has 0 saturated heterocycles. The summed E-state index contributed by atoms with van der Waals surface area (Å²) in [6, 6.07) is 6.19. The fraction of sp³-hybridized carbons (Fsp3) is 0.400. The van der Waals surface area contributed by atoms with Crippen LogP contribution < -0.4 is 10.4 Å². The van der Waals surface area contributed by atoms with Gasteiger partial charge in [0, 0.05) is 27.4 Å². The lowest BCUT2D eigenvalue weighted by Crippen LogP contribution is -2.17. The van der Waals surface area contributed by atoms with Gasteiger partial charge in [0.15, 0.2) is 5.82 Å². The summed E-state index contributed by atoms with van der Waals surface area (Å²) in [5.41, 5.74) is 0.612. The van der Waals surface area contributed by atoms with Crippen molar-refractivity contribution in [3.63, 3.8) is 0 Å². The second-order valence-electron chi connectivity index (χ2n) is 6.87. The van der Waals surface area contributed by atoms with Crippen molar-refractivity contribution >= 4 is 54.9 Å². The van der Waals surface area contributed by atoms with Crippen molar-refractivity contribution in [2.75, 3.05) is 30.4 Å². The number of sulfonamides is 1. The number of fused-ring (bicyclic) bond motifs is 1. The topological polar surface area (TPSA) is 90.3 Å². The van der Waals surface area contributed by atoms with Crippen LogP contribution in [0.3, 0.4) is 0 Å². The van der Waals surface area contributed by atoms with E-state index in [2.05, 4.69) is 25.6 Å². The Bertz CT molecular complexity index is 1200. The summed E-state index contributed by atoms with van der Waals surface area (Å²) in [6.45, 7) is 4.31. The monoisotopic (exact) mass is 563 g/mol. The molecular formula is C20H23BrFN3O4S3. The molecule has 0 saturated carbocycles. The van der Waals surface area contributed by atoms with Crippen molar-refractivity contribution in [1.82, 2.24) is 9.55 Å². The van der Waals surface area contributed by atoms with E-state index in [9.17, 15) is 17.6 Å². The third-order valence-corrected chi connectivity index (χ3v) is 8.91. The van der Waals surface area contributed by atoms with Crippen molar-refractivity contribution in [2.45, 2.75) is 35.8 Å². The van der Waals surface area contributed by atoms with E-state index in [4.69, 9.17) is 4.74 Å². The lowest BCUT2D eigenvalue weighted by atomic mass is 10.3. The molecule has 0 fully saturated rings. The predicted octanol–water partition coefficient (Wildman–Crippen LogP) is 4.77.